The average molecular weight is 393 g/mol. The highest BCUT2D eigenvalue weighted by atomic mass is 16.5. The van der Waals surface area contributed by atoms with E-state index >= 15 is 0 Å². The Morgan fingerprint density at radius 2 is 1.48 bits per heavy atom. The molecule has 0 atom stereocenters. The van der Waals surface area contributed by atoms with E-state index < -0.39 is 0 Å². The number of carbonyl (C=O) groups is 1. The number of carbonyl (C=O) groups excluding carboxylic acids is 1. The Hall–Kier alpha value is -3.28. The summed E-state index contributed by atoms with van der Waals surface area (Å²) >= 11 is 0. The van der Waals surface area contributed by atoms with Gasteiger partial charge in [0.25, 0.3) is 11.5 Å². The van der Waals surface area contributed by atoms with Gasteiger partial charge in [0.2, 0.25) is 5.88 Å². The first kappa shape index (κ1) is 20.5. The van der Waals surface area contributed by atoms with Crippen molar-refractivity contribution in [2.45, 2.75) is 26.2 Å². The number of aromatic nitrogens is 2. The second kappa shape index (κ2) is 9.28. The van der Waals surface area contributed by atoms with Gasteiger partial charge >= 0.3 is 0 Å². The molecule has 3 rings (SSSR count). The van der Waals surface area contributed by atoms with Crippen LogP contribution >= 0.6 is 0 Å². The molecule has 0 bridgehead atoms. The van der Waals surface area contributed by atoms with Crippen molar-refractivity contribution in [1.29, 1.82) is 0 Å². The number of unbranched alkanes of at least 4 members (excludes halogenated alkanes) is 1. The molecule has 0 aliphatic carbocycles. The van der Waals surface area contributed by atoms with Crippen molar-refractivity contribution in [3.8, 4) is 17.3 Å². The zero-order chi connectivity index (χ0) is 20.8. The first-order valence-corrected chi connectivity index (χ1v) is 9.85. The standard InChI is InChI=1S/C23H27N3O3/c1-4-5-16-20-22(28)25(18-12-8-6-9-13-18)26(19-14-10-7-11-15-19)23(20)29-17-21(27)24(2)3/h6-15H,4-5,16-17H2,1-3H3. The average Bonchev–Trinajstić information content (AvgIpc) is 3.02. The van der Waals surface area contributed by atoms with E-state index in [-0.39, 0.29) is 18.1 Å². The van der Waals surface area contributed by atoms with Crippen LogP contribution in [0.2, 0.25) is 0 Å². The maximum absolute atomic E-state index is 13.4. The Labute approximate surface area is 170 Å². The Morgan fingerprint density at radius 1 is 0.931 bits per heavy atom. The molecule has 1 amide bonds. The summed E-state index contributed by atoms with van der Waals surface area (Å²) < 4.78 is 9.37. The van der Waals surface area contributed by atoms with Gasteiger partial charge in [-0.3, -0.25) is 9.59 Å². The third-order valence-electron chi connectivity index (χ3n) is 4.71. The van der Waals surface area contributed by atoms with Crippen molar-refractivity contribution >= 4 is 5.91 Å². The summed E-state index contributed by atoms with van der Waals surface area (Å²) in [5.74, 6) is 0.264. The normalized spacial score (nSPS) is 10.7. The number of rotatable bonds is 8. The number of ether oxygens (including phenoxy) is 1. The van der Waals surface area contributed by atoms with Crippen LogP contribution in [0.25, 0.3) is 11.4 Å². The van der Waals surface area contributed by atoms with Crippen molar-refractivity contribution in [1.82, 2.24) is 14.3 Å². The van der Waals surface area contributed by atoms with E-state index in [1.54, 1.807) is 23.5 Å². The van der Waals surface area contributed by atoms with Gasteiger partial charge in [-0.15, -0.1) is 0 Å². The molecule has 3 aromatic rings. The van der Waals surface area contributed by atoms with Gasteiger partial charge in [-0.25, -0.2) is 9.36 Å². The molecule has 0 N–H and O–H groups in total. The van der Waals surface area contributed by atoms with E-state index in [1.807, 2.05) is 60.7 Å². The molecule has 0 fully saturated rings. The largest absolute Gasteiger partial charge is 0.467 e. The maximum Gasteiger partial charge on any atom is 0.278 e. The van der Waals surface area contributed by atoms with Gasteiger partial charge < -0.3 is 9.64 Å². The zero-order valence-corrected chi connectivity index (χ0v) is 17.2. The molecular weight excluding hydrogens is 366 g/mol. The molecule has 6 nitrogen and oxygen atoms in total. The highest BCUT2D eigenvalue weighted by molar-refractivity contribution is 5.77. The van der Waals surface area contributed by atoms with E-state index in [9.17, 15) is 9.59 Å². The summed E-state index contributed by atoms with van der Waals surface area (Å²) in [4.78, 5) is 27.1. The van der Waals surface area contributed by atoms with Gasteiger partial charge in [0.1, 0.15) is 0 Å². The molecule has 0 aliphatic rings. The summed E-state index contributed by atoms with van der Waals surface area (Å²) in [7, 11) is 3.37. The van der Waals surface area contributed by atoms with Crippen LogP contribution in [0.5, 0.6) is 5.88 Å². The van der Waals surface area contributed by atoms with Crippen molar-refractivity contribution in [3.63, 3.8) is 0 Å². The summed E-state index contributed by atoms with van der Waals surface area (Å²) in [5.41, 5.74) is 2.00. The number of para-hydroxylation sites is 2. The molecule has 29 heavy (non-hydrogen) atoms. The number of hydrogen-bond acceptors (Lipinski definition) is 3. The predicted octanol–water partition coefficient (Wildman–Crippen LogP) is 3.44. The first-order valence-electron chi connectivity index (χ1n) is 9.85. The predicted molar refractivity (Wildman–Crippen MR) is 114 cm³/mol. The van der Waals surface area contributed by atoms with Crippen LogP contribution in [0.3, 0.4) is 0 Å². The summed E-state index contributed by atoms with van der Waals surface area (Å²) in [6.45, 7) is 1.96. The number of benzene rings is 2. The van der Waals surface area contributed by atoms with Crippen LogP contribution in [0, 0.1) is 0 Å². The smallest absolute Gasteiger partial charge is 0.278 e. The van der Waals surface area contributed by atoms with Crippen molar-refractivity contribution in [2.24, 2.45) is 0 Å². The minimum Gasteiger partial charge on any atom is -0.467 e. The lowest BCUT2D eigenvalue weighted by molar-refractivity contribution is -0.130. The lowest BCUT2D eigenvalue weighted by Crippen LogP contribution is -2.28. The fraction of sp³-hybridized carbons (Fsp3) is 0.304. The van der Waals surface area contributed by atoms with E-state index in [0.29, 0.717) is 17.9 Å². The van der Waals surface area contributed by atoms with Gasteiger partial charge in [0.05, 0.1) is 16.9 Å². The number of hydrogen-bond donors (Lipinski definition) is 0. The van der Waals surface area contributed by atoms with Gasteiger partial charge in [0, 0.05) is 14.1 Å². The van der Waals surface area contributed by atoms with Crippen LogP contribution in [-0.2, 0) is 11.2 Å². The summed E-state index contributed by atoms with van der Waals surface area (Å²) in [5, 5.41) is 0. The zero-order valence-electron chi connectivity index (χ0n) is 17.2. The van der Waals surface area contributed by atoms with Crippen LogP contribution in [0.15, 0.2) is 65.5 Å². The van der Waals surface area contributed by atoms with Crippen LogP contribution in [0.4, 0.5) is 0 Å². The first-order chi connectivity index (χ1) is 14.0. The number of likely N-dealkylation sites (N-methyl/N-ethyl adjacent to an activating group) is 1. The Balaban J connectivity index is 2.22. The lowest BCUT2D eigenvalue weighted by Gasteiger charge is -2.17. The molecular formula is C23H27N3O3. The van der Waals surface area contributed by atoms with Crippen LogP contribution < -0.4 is 10.3 Å². The maximum atomic E-state index is 13.4. The molecule has 1 aromatic heterocycles. The SMILES string of the molecule is CCCCc1c(OCC(=O)N(C)C)n(-c2ccccc2)n(-c2ccccc2)c1=O. The van der Waals surface area contributed by atoms with Crippen molar-refractivity contribution in [3.05, 3.63) is 76.6 Å². The monoisotopic (exact) mass is 393 g/mol. The summed E-state index contributed by atoms with van der Waals surface area (Å²) in [6.07, 6.45) is 2.41. The van der Waals surface area contributed by atoms with Crippen LogP contribution in [-0.4, -0.2) is 40.9 Å². The van der Waals surface area contributed by atoms with E-state index in [4.69, 9.17) is 4.74 Å². The third kappa shape index (κ3) is 4.42. The number of amides is 1. The van der Waals surface area contributed by atoms with Gasteiger partial charge in [0.15, 0.2) is 6.61 Å². The Kier molecular flexibility index (Phi) is 6.54. The van der Waals surface area contributed by atoms with Gasteiger partial charge in [-0.2, -0.15) is 0 Å². The molecule has 2 aromatic carbocycles. The molecule has 0 aliphatic heterocycles. The summed E-state index contributed by atoms with van der Waals surface area (Å²) in [6, 6.07) is 19.1. The molecule has 152 valence electrons. The van der Waals surface area contributed by atoms with Crippen molar-refractivity contribution < 1.29 is 9.53 Å². The second-order valence-electron chi connectivity index (χ2n) is 7.06. The molecule has 0 radical (unpaired) electrons. The Bertz CT molecular complexity index is 1010. The van der Waals surface area contributed by atoms with Crippen molar-refractivity contribution in [2.75, 3.05) is 20.7 Å². The van der Waals surface area contributed by atoms with Crippen LogP contribution in [0.1, 0.15) is 25.3 Å². The molecule has 0 spiro atoms. The highest BCUT2D eigenvalue weighted by Gasteiger charge is 2.24. The highest BCUT2D eigenvalue weighted by Crippen LogP contribution is 2.25. The van der Waals surface area contributed by atoms with E-state index in [1.165, 1.54) is 4.90 Å². The van der Waals surface area contributed by atoms with Gasteiger partial charge in [-0.05, 0) is 37.1 Å². The quantitative estimate of drug-likeness (QED) is 0.589. The molecule has 1 heterocycles. The van der Waals surface area contributed by atoms with E-state index in [2.05, 4.69) is 6.92 Å². The topological polar surface area (TPSA) is 56.5 Å². The van der Waals surface area contributed by atoms with Gasteiger partial charge in [-0.1, -0.05) is 49.7 Å². The second-order valence-corrected chi connectivity index (χ2v) is 7.06. The molecule has 0 unspecified atom stereocenters. The minimum atomic E-state index is -0.161. The molecule has 0 saturated carbocycles. The van der Waals surface area contributed by atoms with E-state index in [0.717, 1.165) is 24.2 Å². The lowest BCUT2D eigenvalue weighted by atomic mass is 10.1. The fourth-order valence-corrected chi connectivity index (χ4v) is 3.11. The third-order valence-corrected chi connectivity index (χ3v) is 4.71. The fourth-order valence-electron chi connectivity index (χ4n) is 3.11. The molecule has 6 heteroatoms. The Morgan fingerprint density at radius 3 is 2.00 bits per heavy atom. The molecule has 0 saturated heterocycles. The minimum absolute atomic E-state index is 0.124. The number of nitrogens with zero attached hydrogens (tertiary/aromatic N) is 3.